The highest BCUT2D eigenvalue weighted by molar-refractivity contribution is 5.82. The van der Waals surface area contributed by atoms with Crippen molar-refractivity contribution in [1.82, 2.24) is 4.98 Å². The van der Waals surface area contributed by atoms with Gasteiger partial charge in [-0.3, -0.25) is 4.79 Å². The molecule has 0 radical (unpaired) electrons. The summed E-state index contributed by atoms with van der Waals surface area (Å²) in [6.07, 6.45) is 0. The Morgan fingerprint density at radius 3 is 2.89 bits per heavy atom. The molecule has 1 atom stereocenters. The molecule has 0 aliphatic heterocycles. The van der Waals surface area contributed by atoms with Gasteiger partial charge in [0.05, 0.1) is 12.6 Å². The molecule has 2 N–H and O–H groups in total. The fourth-order valence-corrected chi connectivity index (χ4v) is 1.79. The first-order valence-electron chi connectivity index (χ1n) is 5.94. The molecule has 1 aromatic carbocycles. The number of methoxy groups -OCH3 is 1. The van der Waals surface area contributed by atoms with E-state index in [4.69, 9.17) is 10.5 Å². The molecule has 0 fully saturated rings. The number of carbonyl (C=O) groups excluding carboxylic acids is 1. The third kappa shape index (κ3) is 3.00. The number of aromatic nitrogens is 1. The predicted molar refractivity (Wildman–Crippen MR) is 72.0 cm³/mol. The lowest BCUT2D eigenvalue weighted by molar-refractivity contribution is -0.142. The Labute approximate surface area is 111 Å². The van der Waals surface area contributed by atoms with Crippen LogP contribution < -0.4 is 10.5 Å². The molecule has 1 unspecified atom stereocenters. The van der Waals surface area contributed by atoms with E-state index in [0.29, 0.717) is 5.88 Å². The normalized spacial score (nSPS) is 12.2. The number of ether oxygens (including phenoxy) is 2. The molecule has 0 saturated heterocycles. The fraction of sp³-hybridized carbons (Fsp3) is 0.286. The van der Waals surface area contributed by atoms with Crippen molar-refractivity contribution in [2.45, 2.75) is 13.0 Å². The zero-order valence-corrected chi connectivity index (χ0v) is 10.9. The summed E-state index contributed by atoms with van der Waals surface area (Å²) >= 11 is 0. The summed E-state index contributed by atoms with van der Waals surface area (Å²) in [5.74, 6) is -0.0481. The fourth-order valence-electron chi connectivity index (χ4n) is 1.79. The van der Waals surface area contributed by atoms with Gasteiger partial charge in [-0.15, -0.1) is 0 Å². The Morgan fingerprint density at radius 2 is 2.16 bits per heavy atom. The quantitative estimate of drug-likeness (QED) is 0.841. The zero-order valence-electron chi connectivity index (χ0n) is 10.9. The first-order chi connectivity index (χ1) is 9.11. The summed E-state index contributed by atoms with van der Waals surface area (Å²) in [7, 11) is 1.29. The third-order valence-electron chi connectivity index (χ3n) is 2.81. The van der Waals surface area contributed by atoms with Crippen LogP contribution >= 0.6 is 0 Å². The van der Waals surface area contributed by atoms with Crippen LogP contribution in [0.4, 0.5) is 0 Å². The van der Waals surface area contributed by atoms with Crippen molar-refractivity contribution in [3.8, 4) is 5.88 Å². The lowest BCUT2D eigenvalue weighted by Gasteiger charge is -2.11. The second-order valence-corrected chi connectivity index (χ2v) is 4.24. The van der Waals surface area contributed by atoms with Crippen LogP contribution in [0.25, 0.3) is 10.9 Å². The Balaban J connectivity index is 2.15. The Kier molecular flexibility index (Phi) is 3.97. The molecule has 0 aliphatic rings. The molecule has 19 heavy (non-hydrogen) atoms. The maximum atomic E-state index is 11.2. The summed E-state index contributed by atoms with van der Waals surface area (Å²) in [4.78, 5) is 15.5. The minimum Gasteiger partial charge on any atom is -0.475 e. The molecular weight excluding hydrogens is 244 g/mol. The summed E-state index contributed by atoms with van der Waals surface area (Å²) in [6.45, 7) is 2.02. The Morgan fingerprint density at radius 1 is 1.42 bits per heavy atom. The van der Waals surface area contributed by atoms with Gasteiger partial charge in [0.25, 0.3) is 0 Å². The van der Waals surface area contributed by atoms with E-state index in [0.717, 1.165) is 16.5 Å². The van der Waals surface area contributed by atoms with Crippen LogP contribution in [0.15, 0.2) is 30.3 Å². The van der Waals surface area contributed by atoms with E-state index in [1.54, 1.807) is 0 Å². The van der Waals surface area contributed by atoms with E-state index in [1.165, 1.54) is 7.11 Å². The van der Waals surface area contributed by atoms with E-state index in [2.05, 4.69) is 9.72 Å². The lowest BCUT2D eigenvalue weighted by atomic mass is 10.1. The molecule has 5 heteroatoms. The van der Waals surface area contributed by atoms with Gasteiger partial charge in [-0.25, -0.2) is 4.98 Å². The van der Waals surface area contributed by atoms with Crippen LogP contribution in [0.1, 0.15) is 5.56 Å². The van der Waals surface area contributed by atoms with Crippen LogP contribution in [-0.4, -0.2) is 30.7 Å². The number of para-hydroxylation sites is 1. The smallest absolute Gasteiger partial charge is 0.326 e. The molecule has 0 amide bonds. The Bertz CT molecular complexity index is 598. The van der Waals surface area contributed by atoms with E-state index in [1.807, 2.05) is 37.3 Å². The van der Waals surface area contributed by atoms with Gasteiger partial charge in [0.15, 0.2) is 0 Å². The standard InChI is InChI=1S/C14H16N2O3/c1-9-7-13(19-8-11(15)14(17)18-2)16-12-6-4-3-5-10(9)12/h3-7,11H,8,15H2,1-2H3. The summed E-state index contributed by atoms with van der Waals surface area (Å²) < 4.78 is 9.97. The highest BCUT2D eigenvalue weighted by Gasteiger charge is 2.15. The highest BCUT2D eigenvalue weighted by atomic mass is 16.5. The Hall–Kier alpha value is -2.14. The van der Waals surface area contributed by atoms with Crippen LogP contribution in [0.2, 0.25) is 0 Å². The van der Waals surface area contributed by atoms with Gasteiger partial charge in [-0.2, -0.15) is 0 Å². The van der Waals surface area contributed by atoms with Gasteiger partial charge in [-0.1, -0.05) is 18.2 Å². The number of rotatable bonds is 4. The second-order valence-electron chi connectivity index (χ2n) is 4.24. The van der Waals surface area contributed by atoms with Gasteiger partial charge in [-0.05, 0) is 18.6 Å². The van der Waals surface area contributed by atoms with Crippen molar-refractivity contribution in [2.24, 2.45) is 5.73 Å². The number of hydrogen-bond acceptors (Lipinski definition) is 5. The maximum absolute atomic E-state index is 11.2. The highest BCUT2D eigenvalue weighted by Crippen LogP contribution is 2.21. The molecule has 0 spiro atoms. The topological polar surface area (TPSA) is 74.4 Å². The lowest BCUT2D eigenvalue weighted by Crippen LogP contribution is -2.37. The SMILES string of the molecule is COC(=O)C(N)COc1cc(C)c2ccccc2n1. The molecular formula is C14H16N2O3. The molecule has 5 nitrogen and oxygen atoms in total. The van der Waals surface area contributed by atoms with Crippen LogP contribution in [-0.2, 0) is 9.53 Å². The van der Waals surface area contributed by atoms with Gasteiger partial charge in [0.1, 0.15) is 12.6 Å². The van der Waals surface area contributed by atoms with E-state index >= 15 is 0 Å². The van der Waals surface area contributed by atoms with Gasteiger partial charge in [0.2, 0.25) is 5.88 Å². The molecule has 0 aliphatic carbocycles. The van der Waals surface area contributed by atoms with Crippen molar-refractivity contribution < 1.29 is 14.3 Å². The predicted octanol–water partition coefficient (Wildman–Crippen LogP) is 1.42. The van der Waals surface area contributed by atoms with E-state index < -0.39 is 12.0 Å². The number of pyridine rings is 1. The van der Waals surface area contributed by atoms with Gasteiger partial charge in [0, 0.05) is 11.5 Å². The van der Waals surface area contributed by atoms with E-state index in [-0.39, 0.29) is 6.61 Å². The number of aryl methyl sites for hydroxylation is 1. The maximum Gasteiger partial charge on any atom is 0.326 e. The summed E-state index contributed by atoms with van der Waals surface area (Å²) in [6, 6.07) is 8.81. The van der Waals surface area contributed by atoms with Crippen LogP contribution in [0, 0.1) is 6.92 Å². The van der Waals surface area contributed by atoms with Gasteiger partial charge >= 0.3 is 5.97 Å². The zero-order chi connectivity index (χ0) is 13.8. The third-order valence-corrected chi connectivity index (χ3v) is 2.81. The number of benzene rings is 1. The average Bonchev–Trinajstić information content (AvgIpc) is 2.44. The summed E-state index contributed by atoms with van der Waals surface area (Å²) in [5, 5.41) is 1.08. The van der Waals surface area contributed by atoms with Crippen molar-refractivity contribution >= 4 is 16.9 Å². The largest absolute Gasteiger partial charge is 0.475 e. The number of esters is 1. The average molecular weight is 260 g/mol. The van der Waals surface area contributed by atoms with Crippen molar-refractivity contribution in [3.63, 3.8) is 0 Å². The molecule has 1 aromatic heterocycles. The first-order valence-corrected chi connectivity index (χ1v) is 5.94. The number of nitrogens with two attached hydrogens (primary N) is 1. The first kappa shape index (κ1) is 13.3. The minimum absolute atomic E-state index is 0.0391. The van der Waals surface area contributed by atoms with Gasteiger partial charge < -0.3 is 15.2 Å². The molecule has 2 rings (SSSR count). The second kappa shape index (κ2) is 5.67. The minimum atomic E-state index is -0.807. The molecule has 2 aromatic rings. The van der Waals surface area contributed by atoms with Crippen LogP contribution in [0.5, 0.6) is 5.88 Å². The van der Waals surface area contributed by atoms with Crippen LogP contribution in [0.3, 0.4) is 0 Å². The van der Waals surface area contributed by atoms with Crippen molar-refractivity contribution in [3.05, 3.63) is 35.9 Å². The number of nitrogens with zero attached hydrogens (tertiary/aromatic N) is 1. The number of carbonyl (C=O) groups is 1. The molecule has 1 heterocycles. The number of fused-ring (bicyclic) bond motifs is 1. The van der Waals surface area contributed by atoms with Crippen molar-refractivity contribution in [2.75, 3.05) is 13.7 Å². The number of hydrogen-bond donors (Lipinski definition) is 1. The monoisotopic (exact) mass is 260 g/mol. The van der Waals surface area contributed by atoms with Crippen molar-refractivity contribution in [1.29, 1.82) is 0 Å². The molecule has 100 valence electrons. The molecule has 0 bridgehead atoms. The van der Waals surface area contributed by atoms with E-state index in [9.17, 15) is 4.79 Å². The summed E-state index contributed by atoms with van der Waals surface area (Å²) in [5.41, 5.74) is 7.51. The molecule has 0 saturated carbocycles.